The number of ketones is 1. The van der Waals surface area contributed by atoms with Crippen LogP contribution in [0.1, 0.15) is 52.6 Å². The number of nitrogens with one attached hydrogen (secondary N) is 2. The van der Waals surface area contributed by atoms with Crippen LogP contribution in [0.25, 0.3) is 0 Å². The number of carbonyl (C=O) groups excluding carboxylic acids is 2. The lowest BCUT2D eigenvalue weighted by Crippen LogP contribution is -2.14. The van der Waals surface area contributed by atoms with Crippen molar-refractivity contribution in [2.75, 3.05) is 16.3 Å². The lowest BCUT2D eigenvalue weighted by Gasteiger charge is -2.19. The van der Waals surface area contributed by atoms with Crippen LogP contribution in [0.4, 0.5) is 11.4 Å². The van der Waals surface area contributed by atoms with Gasteiger partial charge in [0.05, 0.1) is 16.8 Å². The first-order chi connectivity index (χ1) is 15.3. The van der Waals surface area contributed by atoms with Crippen molar-refractivity contribution in [2.45, 2.75) is 26.2 Å². The van der Waals surface area contributed by atoms with Crippen LogP contribution in [0.2, 0.25) is 5.02 Å². The van der Waals surface area contributed by atoms with E-state index in [1.165, 1.54) is 18.2 Å². The van der Waals surface area contributed by atoms with E-state index < -0.39 is 15.9 Å². The molecule has 3 aromatic rings. The topological polar surface area (TPSA) is 92.3 Å². The first kappa shape index (κ1) is 24.5. The van der Waals surface area contributed by atoms with Gasteiger partial charge in [-0.3, -0.25) is 14.3 Å². The number of amides is 1. The van der Waals surface area contributed by atoms with E-state index in [0.29, 0.717) is 16.8 Å². The highest BCUT2D eigenvalue weighted by Gasteiger charge is 2.16. The summed E-state index contributed by atoms with van der Waals surface area (Å²) >= 11 is 6.18. The van der Waals surface area contributed by atoms with Gasteiger partial charge < -0.3 is 5.32 Å². The van der Waals surface area contributed by atoms with Crippen molar-refractivity contribution in [1.82, 2.24) is 0 Å². The van der Waals surface area contributed by atoms with Gasteiger partial charge >= 0.3 is 0 Å². The van der Waals surface area contributed by atoms with Crippen LogP contribution < -0.4 is 10.0 Å². The van der Waals surface area contributed by atoms with Gasteiger partial charge in [-0.15, -0.1) is 0 Å². The van der Waals surface area contributed by atoms with E-state index in [4.69, 9.17) is 11.6 Å². The second kappa shape index (κ2) is 9.37. The standard InChI is InChI=1S/C25H25ClN2O4S/c1-25(2,3)18-10-8-16(9-11-18)23(29)17-6-5-7-19(14-17)27-24(30)21-13-12-20(15-22(21)26)28-33(4,31)32/h5-15,28H,1-4H3,(H,27,30). The van der Waals surface area contributed by atoms with Gasteiger partial charge in [-0.2, -0.15) is 0 Å². The van der Waals surface area contributed by atoms with Gasteiger partial charge in [0.1, 0.15) is 0 Å². The summed E-state index contributed by atoms with van der Waals surface area (Å²) in [5.41, 5.74) is 2.99. The van der Waals surface area contributed by atoms with Crippen LogP contribution in [0.15, 0.2) is 66.7 Å². The molecule has 0 aromatic heterocycles. The average Bonchev–Trinajstić information content (AvgIpc) is 2.71. The molecule has 0 atom stereocenters. The molecule has 0 aliphatic carbocycles. The second-order valence-electron chi connectivity index (χ2n) is 8.76. The van der Waals surface area contributed by atoms with Gasteiger partial charge in [0.15, 0.2) is 5.78 Å². The largest absolute Gasteiger partial charge is 0.322 e. The van der Waals surface area contributed by atoms with Gasteiger partial charge in [-0.05, 0) is 41.3 Å². The molecule has 0 saturated heterocycles. The summed E-state index contributed by atoms with van der Waals surface area (Å²) in [6.45, 7) is 6.33. The zero-order chi connectivity index (χ0) is 24.4. The molecule has 3 rings (SSSR count). The molecule has 0 spiro atoms. The Hall–Kier alpha value is -3.16. The van der Waals surface area contributed by atoms with Crippen molar-refractivity contribution in [3.05, 3.63) is 94.0 Å². The lowest BCUT2D eigenvalue weighted by molar-refractivity contribution is 0.102. The minimum absolute atomic E-state index is 0.00783. The minimum atomic E-state index is -3.46. The van der Waals surface area contributed by atoms with E-state index >= 15 is 0 Å². The molecule has 0 aliphatic rings. The lowest BCUT2D eigenvalue weighted by atomic mass is 9.86. The van der Waals surface area contributed by atoms with Crippen LogP contribution in [-0.2, 0) is 15.4 Å². The Morgan fingerprint density at radius 1 is 0.848 bits per heavy atom. The van der Waals surface area contributed by atoms with E-state index in [1.807, 2.05) is 12.1 Å². The highest BCUT2D eigenvalue weighted by Crippen LogP contribution is 2.25. The van der Waals surface area contributed by atoms with Crippen molar-refractivity contribution < 1.29 is 18.0 Å². The SMILES string of the molecule is CC(C)(C)c1ccc(C(=O)c2cccc(NC(=O)c3ccc(NS(C)(=O)=O)cc3Cl)c2)cc1. The molecule has 8 heteroatoms. The summed E-state index contributed by atoms with van der Waals surface area (Å²) in [5.74, 6) is -0.633. The molecule has 6 nitrogen and oxygen atoms in total. The molecule has 0 radical (unpaired) electrons. The zero-order valence-electron chi connectivity index (χ0n) is 18.8. The summed E-state index contributed by atoms with van der Waals surface area (Å²) in [6.07, 6.45) is 1.02. The first-order valence-corrected chi connectivity index (χ1v) is 12.4. The maximum atomic E-state index is 12.9. The zero-order valence-corrected chi connectivity index (χ0v) is 20.3. The van der Waals surface area contributed by atoms with E-state index in [2.05, 4.69) is 30.8 Å². The molecule has 0 saturated carbocycles. The Labute approximate surface area is 199 Å². The third-order valence-corrected chi connectivity index (χ3v) is 5.83. The second-order valence-corrected chi connectivity index (χ2v) is 10.9. The first-order valence-electron chi connectivity index (χ1n) is 10.2. The van der Waals surface area contributed by atoms with E-state index in [0.717, 1.165) is 11.8 Å². The van der Waals surface area contributed by atoms with Crippen LogP contribution in [0.5, 0.6) is 0 Å². The highest BCUT2D eigenvalue weighted by atomic mass is 35.5. The summed E-state index contributed by atoms with van der Waals surface area (Å²) in [4.78, 5) is 25.6. The van der Waals surface area contributed by atoms with Crippen molar-refractivity contribution >= 4 is 44.7 Å². The molecular weight excluding hydrogens is 460 g/mol. The Kier molecular flexibility index (Phi) is 6.95. The van der Waals surface area contributed by atoms with E-state index in [-0.39, 0.29) is 27.5 Å². The molecular formula is C25H25ClN2O4S. The Morgan fingerprint density at radius 2 is 1.52 bits per heavy atom. The van der Waals surface area contributed by atoms with Crippen LogP contribution in [-0.4, -0.2) is 26.4 Å². The Balaban J connectivity index is 1.77. The monoisotopic (exact) mass is 484 g/mol. The number of benzene rings is 3. The van der Waals surface area contributed by atoms with Crippen molar-refractivity contribution in [1.29, 1.82) is 0 Å². The maximum absolute atomic E-state index is 12.9. The normalized spacial score (nSPS) is 11.7. The van der Waals surface area contributed by atoms with Crippen molar-refractivity contribution in [3.63, 3.8) is 0 Å². The Bertz CT molecular complexity index is 1310. The smallest absolute Gasteiger partial charge is 0.257 e. The average molecular weight is 485 g/mol. The minimum Gasteiger partial charge on any atom is -0.322 e. The molecule has 0 aliphatic heterocycles. The number of carbonyl (C=O) groups is 2. The molecule has 0 bridgehead atoms. The maximum Gasteiger partial charge on any atom is 0.257 e. The molecule has 33 heavy (non-hydrogen) atoms. The van der Waals surface area contributed by atoms with Gasteiger partial charge in [-0.25, -0.2) is 8.42 Å². The fourth-order valence-electron chi connectivity index (χ4n) is 3.20. The molecule has 3 aromatic carbocycles. The summed E-state index contributed by atoms with van der Waals surface area (Å²) in [6, 6.07) is 18.4. The van der Waals surface area contributed by atoms with Gasteiger partial charge in [-0.1, -0.05) is 68.8 Å². The summed E-state index contributed by atoms with van der Waals surface area (Å²) in [7, 11) is -3.46. The Morgan fingerprint density at radius 3 is 2.09 bits per heavy atom. The number of anilines is 2. The van der Waals surface area contributed by atoms with E-state index in [1.54, 1.807) is 36.4 Å². The molecule has 0 unspecified atom stereocenters. The third-order valence-electron chi connectivity index (χ3n) is 4.91. The van der Waals surface area contributed by atoms with Crippen LogP contribution in [0.3, 0.4) is 0 Å². The molecule has 0 heterocycles. The van der Waals surface area contributed by atoms with E-state index in [9.17, 15) is 18.0 Å². The van der Waals surface area contributed by atoms with Crippen molar-refractivity contribution in [2.24, 2.45) is 0 Å². The number of hydrogen-bond donors (Lipinski definition) is 2. The predicted octanol–water partition coefficient (Wildman–Crippen LogP) is 5.49. The van der Waals surface area contributed by atoms with Crippen LogP contribution in [0, 0.1) is 0 Å². The highest BCUT2D eigenvalue weighted by molar-refractivity contribution is 7.92. The molecule has 2 N–H and O–H groups in total. The van der Waals surface area contributed by atoms with Gasteiger partial charge in [0.2, 0.25) is 10.0 Å². The summed E-state index contributed by atoms with van der Waals surface area (Å²) in [5, 5.41) is 2.82. The number of halogens is 1. The number of sulfonamides is 1. The fraction of sp³-hybridized carbons (Fsp3) is 0.200. The molecule has 172 valence electrons. The van der Waals surface area contributed by atoms with Crippen molar-refractivity contribution in [3.8, 4) is 0 Å². The predicted molar refractivity (Wildman–Crippen MR) is 133 cm³/mol. The number of rotatable bonds is 6. The van der Waals surface area contributed by atoms with Gasteiger partial charge in [0, 0.05) is 22.5 Å². The van der Waals surface area contributed by atoms with Gasteiger partial charge in [0.25, 0.3) is 5.91 Å². The number of hydrogen-bond acceptors (Lipinski definition) is 4. The third kappa shape index (κ3) is 6.43. The quantitative estimate of drug-likeness (QED) is 0.452. The molecule has 1 amide bonds. The van der Waals surface area contributed by atoms with Crippen LogP contribution >= 0.6 is 11.6 Å². The molecule has 0 fully saturated rings. The summed E-state index contributed by atoms with van der Waals surface area (Å²) < 4.78 is 25.0. The fourth-order valence-corrected chi connectivity index (χ4v) is 4.02.